The molecule has 0 saturated carbocycles. The van der Waals surface area contributed by atoms with Gasteiger partial charge in [-0.15, -0.1) is 0 Å². The van der Waals surface area contributed by atoms with Crippen molar-refractivity contribution in [3.05, 3.63) is 24.3 Å². The van der Waals surface area contributed by atoms with Gasteiger partial charge in [0, 0.05) is 12.8 Å². The third kappa shape index (κ3) is 63.4. The molecule has 456 valence electrons. The first-order valence-electron chi connectivity index (χ1n) is 35.1. The summed E-state index contributed by atoms with van der Waals surface area (Å²) in [6.45, 7) is 4.94. The third-order valence-electron chi connectivity index (χ3n) is 16.5. The van der Waals surface area contributed by atoms with Crippen molar-refractivity contribution >= 4 is 11.9 Å². The van der Waals surface area contributed by atoms with Crippen molar-refractivity contribution in [2.24, 2.45) is 0 Å². The van der Waals surface area contributed by atoms with Gasteiger partial charge < -0.3 is 20.3 Å². The fraction of sp³-hybridized carbons (Fsp3) is 0.915. The summed E-state index contributed by atoms with van der Waals surface area (Å²) in [5.74, 6) is -0.0445. The van der Waals surface area contributed by atoms with Crippen LogP contribution in [0.25, 0.3) is 0 Å². The first-order chi connectivity index (χ1) is 38.0. The topological polar surface area (TPSA) is 95.9 Å². The Kier molecular flexibility index (Phi) is 65.4. The number of hydrogen-bond donors (Lipinski definition) is 3. The van der Waals surface area contributed by atoms with E-state index in [1.165, 1.54) is 327 Å². The van der Waals surface area contributed by atoms with Crippen LogP contribution in [0.5, 0.6) is 0 Å². The van der Waals surface area contributed by atoms with E-state index in [0.717, 1.165) is 38.5 Å². The van der Waals surface area contributed by atoms with Crippen LogP contribution in [-0.2, 0) is 14.3 Å². The van der Waals surface area contributed by atoms with E-state index in [1.807, 2.05) is 6.08 Å². The Morgan fingerprint density at radius 3 is 0.922 bits per heavy atom. The normalized spacial score (nSPS) is 12.6. The lowest BCUT2D eigenvalue weighted by molar-refractivity contribution is -0.143. The van der Waals surface area contributed by atoms with Gasteiger partial charge in [0.25, 0.3) is 0 Å². The van der Waals surface area contributed by atoms with Gasteiger partial charge in [-0.05, 0) is 57.8 Å². The van der Waals surface area contributed by atoms with E-state index in [2.05, 4.69) is 31.3 Å². The molecule has 0 spiro atoms. The van der Waals surface area contributed by atoms with Gasteiger partial charge in [-0.1, -0.05) is 346 Å². The molecule has 77 heavy (non-hydrogen) atoms. The molecular weight excluding hydrogens is 947 g/mol. The zero-order valence-corrected chi connectivity index (χ0v) is 52.2. The maximum atomic E-state index is 12.5. The van der Waals surface area contributed by atoms with E-state index in [1.54, 1.807) is 6.08 Å². The Hall–Kier alpha value is -1.66. The number of amides is 1. The number of hydrogen-bond acceptors (Lipinski definition) is 5. The van der Waals surface area contributed by atoms with E-state index >= 15 is 0 Å². The van der Waals surface area contributed by atoms with Crippen LogP contribution < -0.4 is 5.32 Å². The summed E-state index contributed by atoms with van der Waals surface area (Å²) in [4.78, 5) is 24.6. The Morgan fingerprint density at radius 2 is 0.610 bits per heavy atom. The molecule has 6 nitrogen and oxygen atoms in total. The number of aliphatic hydroxyl groups is 2. The Balaban J connectivity index is 3.35. The van der Waals surface area contributed by atoms with E-state index < -0.39 is 12.1 Å². The summed E-state index contributed by atoms with van der Waals surface area (Å²) in [6, 6.07) is -0.626. The monoisotopic (exact) mass is 1080 g/mol. The van der Waals surface area contributed by atoms with Crippen LogP contribution in [0.2, 0.25) is 0 Å². The Morgan fingerprint density at radius 1 is 0.351 bits per heavy atom. The molecule has 3 N–H and O–H groups in total. The number of nitrogens with one attached hydrogen (secondary N) is 1. The fourth-order valence-corrected chi connectivity index (χ4v) is 11.1. The fourth-order valence-electron chi connectivity index (χ4n) is 11.1. The van der Waals surface area contributed by atoms with Gasteiger partial charge in [0.2, 0.25) is 5.91 Å². The summed E-state index contributed by atoms with van der Waals surface area (Å²) in [7, 11) is 0. The van der Waals surface area contributed by atoms with Crippen LogP contribution >= 0.6 is 0 Å². The quantitative estimate of drug-likeness (QED) is 0.0320. The first-order valence-corrected chi connectivity index (χ1v) is 35.1. The SMILES string of the molecule is CCCCCCCCCCCCC/C=C/C(O)C(CO)NC(=O)CCCCCCCCCCCCCCC/C=C\CCCCCCCCCCCCCCOC(=O)CCCCCCCCCCCCCCCCCCCC. The van der Waals surface area contributed by atoms with Crippen LogP contribution in [0.15, 0.2) is 24.3 Å². The molecule has 0 aliphatic heterocycles. The zero-order valence-electron chi connectivity index (χ0n) is 52.2. The van der Waals surface area contributed by atoms with E-state index in [-0.39, 0.29) is 18.5 Å². The molecule has 0 heterocycles. The molecule has 0 bridgehead atoms. The van der Waals surface area contributed by atoms with E-state index in [4.69, 9.17) is 4.74 Å². The number of ether oxygens (including phenoxy) is 1. The van der Waals surface area contributed by atoms with Gasteiger partial charge in [-0.25, -0.2) is 0 Å². The molecule has 2 unspecified atom stereocenters. The second-order valence-electron chi connectivity index (χ2n) is 24.2. The molecule has 0 saturated heterocycles. The molecule has 0 radical (unpaired) electrons. The highest BCUT2D eigenvalue weighted by atomic mass is 16.5. The van der Waals surface area contributed by atoms with E-state index in [9.17, 15) is 19.8 Å². The molecule has 0 aliphatic rings. The summed E-state index contributed by atoms with van der Waals surface area (Å²) in [5, 5.41) is 23.1. The first kappa shape index (κ1) is 75.3. The molecule has 0 aliphatic carbocycles. The number of carbonyl (C=O) groups is 2. The second-order valence-corrected chi connectivity index (χ2v) is 24.2. The number of aliphatic hydroxyl groups excluding tert-OH is 2. The van der Waals surface area contributed by atoms with Gasteiger partial charge in [-0.2, -0.15) is 0 Å². The molecule has 0 aromatic rings. The maximum absolute atomic E-state index is 12.5. The van der Waals surface area contributed by atoms with Gasteiger partial charge in [0.1, 0.15) is 0 Å². The largest absolute Gasteiger partial charge is 0.466 e. The van der Waals surface area contributed by atoms with Crippen LogP contribution in [0.4, 0.5) is 0 Å². The van der Waals surface area contributed by atoms with Gasteiger partial charge in [-0.3, -0.25) is 9.59 Å². The van der Waals surface area contributed by atoms with Crippen molar-refractivity contribution in [3.8, 4) is 0 Å². The van der Waals surface area contributed by atoms with Crippen LogP contribution in [0.1, 0.15) is 393 Å². The van der Waals surface area contributed by atoms with Crippen molar-refractivity contribution in [2.45, 2.75) is 405 Å². The van der Waals surface area contributed by atoms with Crippen LogP contribution in [0, 0.1) is 0 Å². The predicted molar refractivity (Wildman–Crippen MR) is 338 cm³/mol. The minimum absolute atomic E-state index is 0.0212. The van der Waals surface area contributed by atoms with Crippen LogP contribution in [0.3, 0.4) is 0 Å². The standard InChI is InChI=1S/C71H137NO5/c1-3-5-7-9-11-13-15-17-18-19-34-37-41-45-49-53-57-61-65-71(76)77-66-62-58-54-50-46-42-38-35-32-30-28-26-24-22-20-21-23-25-27-29-31-33-36-40-44-48-52-56-60-64-70(75)72-68(67-73)69(74)63-59-55-51-47-43-39-16-14-12-10-8-6-4-2/h20,22,59,63,68-69,73-74H,3-19,21,23-58,60-62,64-67H2,1-2H3,(H,72,75)/b22-20-,63-59+. The molecular formula is C71H137NO5. The Bertz CT molecular complexity index is 1200. The molecule has 1 amide bonds. The minimum Gasteiger partial charge on any atom is -0.466 e. The number of unbranched alkanes of at least 4 members (excludes halogenated alkanes) is 53. The average molecular weight is 1080 g/mol. The Labute approximate surface area is 481 Å². The number of rotatable bonds is 66. The van der Waals surface area contributed by atoms with Crippen molar-refractivity contribution < 1.29 is 24.5 Å². The highest BCUT2D eigenvalue weighted by Gasteiger charge is 2.18. The molecule has 0 aromatic carbocycles. The second kappa shape index (κ2) is 66.8. The smallest absolute Gasteiger partial charge is 0.305 e. The molecule has 2 atom stereocenters. The molecule has 6 heteroatoms. The van der Waals surface area contributed by atoms with Crippen molar-refractivity contribution in [1.29, 1.82) is 0 Å². The highest BCUT2D eigenvalue weighted by molar-refractivity contribution is 5.76. The summed E-state index contributed by atoms with van der Waals surface area (Å²) in [6.07, 6.45) is 84.0. The minimum atomic E-state index is -0.843. The summed E-state index contributed by atoms with van der Waals surface area (Å²) >= 11 is 0. The maximum Gasteiger partial charge on any atom is 0.305 e. The summed E-state index contributed by atoms with van der Waals surface area (Å²) < 4.78 is 5.51. The highest BCUT2D eigenvalue weighted by Crippen LogP contribution is 2.19. The predicted octanol–water partition coefficient (Wildman–Crippen LogP) is 22.5. The van der Waals surface area contributed by atoms with Crippen molar-refractivity contribution in [1.82, 2.24) is 5.32 Å². The third-order valence-corrected chi connectivity index (χ3v) is 16.5. The molecule has 0 aromatic heterocycles. The van der Waals surface area contributed by atoms with E-state index in [0.29, 0.717) is 19.4 Å². The van der Waals surface area contributed by atoms with Gasteiger partial charge in [0.15, 0.2) is 0 Å². The lowest BCUT2D eigenvalue weighted by Crippen LogP contribution is -2.45. The summed E-state index contributed by atoms with van der Waals surface area (Å²) in [5.41, 5.74) is 0. The average Bonchev–Trinajstić information content (AvgIpc) is 3.43. The number of carbonyl (C=O) groups excluding carboxylic acids is 2. The van der Waals surface area contributed by atoms with Crippen molar-refractivity contribution in [2.75, 3.05) is 13.2 Å². The zero-order chi connectivity index (χ0) is 55.7. The van der Waals surface area contributed by atoms with Crippen LogP contribution in [-0.4, -0.2) is 47.4 Å². The molecule has 0 rings (SSSR count). The van der Waals surface area contributed by atoms with Crippen molar-refractivity contribution in [3.63, 3.8) is 0 Å². The lowest BCUT2D eigenvalue weighted by Gasteiger charge is -2.20. The number of esters is 1. The lowest BCUT2D eigenvalue weighted by atomic mass is 10.0. The number of allylic oxidation sites excluding steroid dienone is 3. The molecule has 0 fully saturated rings. The van der Waals surface area contributed by atoms with Gasteiger partial charge in [0.05, 0.1) is 25.4 Å². The van der Waals surface area contributed by atoms with Gasteiger partial charge >= 0.3 is 5.97 Å².